The smallest absolute Gasteiger partial charge is 0.0363 e. The van der Waals surface area contributed by atoms with Gasteiger partial charge in [0.2, 0.25) is 0 Å². The zero-order valence-electron chi connectivity index (χ0n) is 10.6. The first-order valence-corrected chi connectivity index (χ1v) is 6.89. The number of nitrogens with two attached hydrogens (primary N) is 1. The van der Waals surface area contributed by atoms with E-state index in [1.165, 1.54) is 31.7 Å². The molecule has 4 aliphatic rings. The predicted molar refractivity (Wildman–Crippen MR) is 70.3 cm³/mol. The van der Waals surface area contributed by atoms with Crippen molar-refractivity contribution in [2.45, 2.75) is 11.5 Å². The van der Waals surface area contributed by atoms with Crippen LogP contribution in [0.4, 0.5) is 0 Å². The summed E-state index contributed by atoms with van der Waals surface area (Å²) in [6.07, 6.45) is 3.81. The molecule has 3 atom stereocenters. The molecule has 1 aromatic heterocycles. The SMILES string of the molecule is NC1C2CN3CCN(C2)CC1(c1ccncc1)C3. The highest BCUT2D eigenvalue weighted by molar-refractivity contribution is 5.31. The van der Waals surface area contributed by atoms with Crippen LogP contribution in [0.25, 0.3) is 0 Å². The zero-order valence-corrected chi connectivity index (χ0v) is 10.6. The van der Waals surface area contributed by atoms with Crippen molar-refractivity contribution in [1.29, 1.82) is 0 Å². The average molecular weight is 244 g/mol. The minimum absolute atomic E-state index is 0.126. The molecule has 3 unspecified atom stereocenters. The van der Waals surface area contributed by atoms with Crippen molar-refractivity contribution in [3.63, 3.8) is 0 Å². The second-order valence-electron chi connectivity index (χ2n) is 6.15. The van der Waals surface area contributed by atoms with Crippen molar-refractivity contribution >= 4 is 0 Å². The standard InChI is InChI=1S/C14H20N4/c15-13-11-7-17-5-6-18(8-11)10-14(13,9-17)12-1-3-16-4-2-12/h1-4,11,13H,5-10,15H2. The van der Waals surface area contributed by atoms with Gasteiger partial charge in [0.25, 0.3) is 0 Å². The van der Waals surface area contributed by atoms with Crippen molar-refractivity contribution in [3.8, 4) is 0 Å². The number of nitrogens with zero attached hydrogens (tertiary/aromatic N) is 3. The molecular weight excluding hydrogens is 224 g/mol. The fourth-order valence-electron chi connectivity index (χ4n) is 4.27. The van der Waals surface area contributed by atoms with Crippen LogP contribution in [0.1, 0.15) is 5.56 Å². The van der Waals surface area contributed by atoms with Crippen LogP contribution in [-0.4, -0.2) is 60.1 Å². The molecule has 2 N–H and O–H groups in total. The van der Waals surface area contributed by atoms with Crippen molar-refractivity contribution < 1.29 is 0 Å². The number of aromatic nitrogens is 1. The molecule has 0 aromatic carbocycles. The Bertz CT molecular complexity index is 430. The van der Waals surface area contributed by atoms with Crippen LogP contribution in [0.3, 0.4) is 0 Å². The molecular formula is C14H20N4. The van der Waals surface area contributed by atoms with Gasteiger partial charge < -0.3 is 15.5 Å². The Morgan fingerprint density at radius 1 is 1.11 bits per heavy atom. The van der Waals surface area contributed by atoms with E-state index in [0.717, 1.165) is 13.1 Å². The Hall–Kier alpha value is -0.970. The second-order valence-corrected chi connectivity index (χ2v) is 6.15. The van der Waals surface area contributed by atoms with Crippen LogP contribution in [0, 0.1) is 5.92 Å². The van der Waals surface area contributed by atoms with Crippen molar-refractivity contribution in [2.75, 3.05) is 39.3 Å². The maximum absolute atomic E-state index is 6.63. The lowest BCUT2D eigenvalue weighted by atomic mass is 9.65. The topological polar surface area (TPSA) is 45.4 Å². The van der Waals surface area contributed by atoms with Gasteiger partial charge in [-0.3, -0.25) is 4.98 Å². The Labute approximate surface area is 108 Å². The Kier molecular flexibility index (Phi) is 2.28. The third kappa shape index (κ3) is 1.40. The molecule has 5 rings (SSSR count). The second kappa shape index (κ2) is 3.76. The number of fused-ring (bicyclic) bond motifs is 1. The molecule has 0 spiro atoms. The minimum Gasteiger partial charge on any atom is -0.326 e. The van der Waals surface area contributed by atoms with E-state index in [1.54, 1.807) is 0 Å². The lowest BCUT2D eigenvalue weighted by molar-refractivity contribution is 0.0353. The molecule has 1 aromatic rings. The van der Waals surface area contributed by atoms with Crippen LogP contribution >= 0.6 is 0 Å². The molecule has 5 heterocycles. The number of piperidine rings is 2. The first kappa shape index (κ1) is 10.9. The largest absolute Gasteiger partial charge is 0.326 e. The van der Waals surface area contributed by atoms with E-state index in [-0.39, 0.29) is 5.41 Å². The summed E-state index contributed by atoms with van der Waals surface area (Å²) >= 11 is 0. The zero-order chi connectivity index (χ0) is 12.2. The maximum atomic E-state index is 6.63. The monoisotopic (exact) mass is 244 g/mol. The summed E-state index contributed by atoms with van der Waals surface area (Å²) in [5, 5.41) is 0. The maximum Gasteiger partial charge on any atom is 0.0363 e. The highest BCUT2D eigenvalue weighted by Crippen LogP contribution is 2.41. The summed E-state index contributed by atoms with van der Waals surface area (Å²) in [5.41, 5.74) is 8.14. The van der Waals surface area contributed by atoms with Crippen LogP contribution in [0.15, 0.2) is 24.5 Å². The highest BCUT2D eigenvalue weighted by atomic mass is 15.3. The predicted octanol–water partition coefficient (Wildman–Crippen LogP) is -0.0923. The van der Waals surface area contributed by atoms with Gasteiger partial charge in [0.1, 0.15) is 0 Å². The Balaban J connectivity index is 1.83. The van der Waals surface area contributed by atoms with Gasteiger partial charge in [-0.2, -0.15) is 0 Å². The third-order valence-corrected chi connectivity index (χ3v) is 5.13. The molecule has 0 amide bonds. The molecule has 0 saturated carbocycles. The van der Waals surface area contributed by atoms with Crippen LogP contribution in [-0.2, 0) is 5.41 Å². The van der Waals surface area contributed by atoms with Gasteiger partial charge in [-0.05, 0) is 17.7 Å². The first-order valence-electron chi connectivity index (χ1n) is 6.89. The van der Waals surface area contributed by atoms with Crippen molar-refractivity contribution in [1.82, 2.24) is 14.8 Å². The van der Waals surface area contributed by atoms with E-state index in [9.17, 15) is 0 Å². The van der Waals surface area contributed by atoms with E-state index in [1.807, 2.05) is 12.4 Å². The summed E-state index contributed by atoms with van der Waals surface area (Å²) in [6.45, 7) is 7.01. The quantitative estimate of drug-likeness (QED) is 0.750. The number of rotatable bonds is 1. The van der Waals surface area contributed by atoms with Gasteiger partial charge in [0, 0.05) is 69.0 Å². The highest BCUT2D eigenvalue weighted by Gasteiger charge is 2.53. The van der Waals surface area contributed by atoms with Gasteiger partial charge in [-0.15, -0.1) is 0 Å². The number of hydrogen-bond donors (Lipinski definition) is 1. The normalized spacial score (nSPS) is 46.1. The molecule has 0 radical (unpaired) electrons. The van der Waals surface area contributed by atoms with Crippen molar-refractivity contribution in [2.24, 2.45) is 11.7 Å². The first-order chi connectivity index (χ1) is 8.78. The van der Waals surface area contributed by atoms with Crippen LogP contribution in [0.2, 0.25) is 0 Å². The summed E-state index contributed by atoms with van der Waals surface area (Å²) in [7, 11) is 0. The van der Waals surface area contributed by atoms with E-state index < -0.39 is 0 Å². The van der Waals surface area contributed by atoms with E-state index in [0.29, 0.717) is 12.0 Å². The lowest BCUT2D eigenvalue weighted by Gasteiger charge is -2.54. The molecule has 4 saturated heterocycles. The molecule has 18 heavy (non-hydrogen) atoms. The van der Waals surface area contributed by atoms with Gasteiger partial charge in [0.05, 0.1) is 0 Å². The number of pyridine rings is 1. The summed E-state index contributed by atoms with van der Waals surface area (Å²) in [5.74, 6) is 0.628. The van der Waals surface area contributed by atoms with Crippen molar-refractivity contribution in [3.05, 3.63) is 30.1 Å². The summed E-state index contributed by atoms with van der Waals surface area (Å²) in [6, 6.07) is 4.62. The average Bonchev–Trinajstić information content (AvgIpc) is 2.65. The molecule has 4 heteroatoms. The summed E-state index contributed by atoms with van der Waals surface area (Å²) in [4.78, 5) is 9.38. The van der Waals surface area contributed by atoms with Gasteiger partial charge in [-0.1, -0.05) is 0 Å². The van der Waals surface area contributed by atoms with E-state index in [2.05, 4.69) is 26.9 Å². The third-order valence-electron chi connectivity index (χ3n) is 5.13. The molecule has 4 fully saturated rings. The fourth-order valence-corrected chi connectivity index (χ4v) is 4.27. The lowest BCUT2D eigenvalue weighted by Crippen LogP contribution is -2.69. The Morgan fingerprint density at radius 2 is 1.72 bits per heavy atom. The molecule has 4 bridgehead atoms. The Morgan fingerprint density at radius 3 is 2.33 bits per heavy atom. The van der Waals surface area contributed by atoms with Gasteiger partial charge in [0.15, 0.2) is 0 Å². The van der Waals surface area contributed by atoms with Crippen LogP contribution in [0.5, 0.6) is 0 Å². The molecule has 4 nitrogen and oxygen atoms in total. The molecule has 96 valence electrons. The van der Waals surface area contributed by atoms with Gasteiger partial charge >= 0.3 is 0 Å². The van der Waals surface area contributed by atoms with E-state index in [4.69, 9.17) is 5.73 Å². The fraction of sp³-hybridized carbons (Fsp3) is 0.643. The van der Waals surface area contributed by atoms with Crippen LogP contribution < -0.4 is 5.73 Å². The minimum atomic E-state index is 0.126. The number of hydrogen-bond acceptors (Lipinski definition) is 4. The van der Waals surface area contributed by atoms with Gasteiger partial charge in [-0.25, -0.2) is 0 Å². The molecule has 0 aliphatic carbocycles. The van der Waals surface area contributed by atoms with E-state index >= 15 is 0 Å². The molecule has 4 aliphatic heterocycles. The summed E-state index contributed by atoms with van der Waals surface area (Å²) < 4.78 is 0.